The van der Waals surface area contributed by atoms with Crippen molar-refractivity contribution in [3.05, 3.63) is 59.7 Å². The molecule has 0 radical (unpaired) electrons. The topological polar surface area (TPSA) is 67.2 Å². The lowest BCUT2D eigenvalue weighted by Gasteiger charge is -2.15. The standard InChI is InChI=1S/C26H34N4O2/c1(3-19-31-23-11-7-21(8-12-23)25-27-15-5-16-28-25)2-4-20-32-24-13-9-22(10-14-24)26-29-17-6-18-30-26/h7-14H,1-6,15-20H2,(H,27,28)(H,29,30). The number of ether oxygens (including phenoxy) is 2. The van der Waals surface area contributed by atoms with Crippen LogP contribution in [-0.2, 0) is 0 Å². The zero-order valence-electron chi connectivity index (χ0n) is 18.8. The van der Waals surface area contributed by atoms with Crippen molar-refractivity contribution in [1.82, 2.24) is 10.6 Å². The molecular formula is C26H34N4O2. The molecule has 0 atom stereocenters. The molecule has 2 N–H and O–H groups in total. The number of aliphatic imine (C=N–C) groups is 2. The lowest BCUT2D eigenvalue weighted by atomic mass is 10.1. The molecule has 0 fully saturated rings. The Morgan fingerprint density at radius 2 is 1.03 bits per heavy atom. The van der Waals surface area contributed by atoms with Gasteiger partial charge in [0.05, 0.1) is 13.2 Å². The zero-order chi connectivity index (χ0) is 21.8. The number of rotatable bonds is 11. The van der Waals surface area contributed by atoms with E-state index in [2.05, 4.69) is 44.9 Å². The van der Waals surface area contributed by atoms with Crippen LogP contribution < -0.4 is 20.1 Å². The Balaban J connectivity index is 1.06. The third-order valence-electron chi connectivity index (χ3n) is 5.63. The number of benzene rings is 2. The van der Waals surface area contributed by atoms with E-state index in [1.165, 1.54) is 0 Å². The quantitative estimate of drug-likeness (QED) is 0.521. The number of nitrogens with one attached hydrogen (secondary N) is 2. The molecule has 32 heavy (non-hydrogen) atoms. The van der Waals surface area contributed by atoms with Crippen molar-refractivity contribution in [3.63, 3.8) is 0 Å². The van der Waals surface area contributed by atoms with Crippen LogP contribution in [0.2, 0.25) is 0 Å². The molecule has 0 bridgehead atoms. The Bertz CT molecular complexity index is 816. The average molecular weight is 435 g/mol. The fraction of sp³-hybridized carbons (Fsp3) is 0.462. The Morgan fingerprint density at radius 1 is 0.594 bits per heavy atom. The lowest BCUT2D eigenvalue weighted by Crippen LogP contribution is -2.30. The smallest absolute Gasteiger partial charge is 0.128 e. The van der Waals surface area contributed by atoms with Crippen LogP contribution in [0.3, 0.4) is 0 Å². The fourth-order valence-corrected chi connectivity index (χ4v) is 3.81. The van der Waals surface area contributed by atoms with Gasteiger partial charge in [0, 0.05) is 37.3 Å². The minimum absolute atomic E-state index is 0.749. The van der Waals surface area contributed by atoms with Gasteiger partial charge in [-0.25, -0.2) is 0 Å². The predicted molar refractivity (Wildman–Crippen MR) is 130 cm³/mol. The van der Waals surface area contributed by atoms with Crippen LogP contribution in [0.5, 0.6) is 11.5 Å². The first-order valence-corrected chi connectivity index (χ1v) is 11.9. The highest BCUT2D eigenvalue weighted by Crippen LogP contribution is 2.16. The number of hydrogen-bond acceptors (Lipinski definition) is 6. The Labute approximate surface area is 191 Å². The van der Waals surface area contributed by atoms with E-state index < -0.39 is 0 Å². The lowest BCUT2D eigenvalue weighted by molar-refractivity contribution is 0.287. The summed E-state index contributed by atoms with van der Waals surface area (Å²) in [5.41, 5.74) is 2.26. The van der Waals surface area contributed by atoms with Gasteiger partial charge in [0.2, 0.25) is 0 Å². The van der Waals surface area contributed by atoms with Crippen LogP contribution in [0.25, 0.3) is 0 Å². The van der Waals surface area contributed by atoms with Gasteiger partial charge in [-0.1, -0.05) is 0 Å². The summed E-state index contributed by atoms with van der Waals surface area (Å²) in [4.78, 5) is 9.06. The van der Waals surface area contributed by atoms with Crippen molar-refractivity contribution in [1.29, 1.82) is 0 Å². The number of unbranched alkanes of at least 4 members (excludes halogenated alkanes) is 3. The molecule has 2 aromatic rings. The van der Waals surface area contributed by atoms with Gasteiger partial charge in [-0.3, -0.25) is 9.98 Å². The van der Waals surface area contributed by atoms with Crippen molar-refractivity contribution >= 4 is 11.7 Å². The molecule has 0 aliphatic carbocycles. The van der Waals surface area contributed by atoms with Crippen molar-refractivity contribution < 1.29 is 9.47 Å². The second kappa shape index (κ2) is 12.1. The van der Waals surface area contributed by atoms with Gasteiger partial charge in [0.25, 0.3) is 0 Å². The molecule has 0 spiro atoms. The molecule has 0 saturated carbocycles. The molecule has 2 aliphatic rings. The largest absolute Gasteiger partial charge is 0.494 e. The van der Waals surface area contributed by atoms with Gasteiger partial charge in [-0.15, -0.1) is 0 Å². The summed E-state index contributed by atoms with van der Waals surface area (Å²) in [7, 11) is 0. The monoisotopic (exact) mass is 434 g/mol. The molecule has 170 valence electrons. The summed E-state index contributed by atoms with van der Waals surface area (Å²) in [6, 6.07) is 16.4. The van der Waals surface area contributed by atoms with Crippen molar-refractivity contribution in [2.75, 3.05) is 39.4 Å². The number of amidine groups is 2. The fourth-order valence-electron chi connectivity index (χ4n) is 3.81. The molecule has 0 aromatic heterocycles. The Morgan fingerprint density at radius 3 is 1.41 bits per heavy atom. The molecule has 6 nitrogen and oxygen atoms in total. The van der Waals surface area contributed by atoms with E-state index in [0.29, 0.717) is 0 Å². The van der Waals surface area contributed by atoms with E-state index in [1.54, 1.807) is 0 Å². The number of hydrogen-bond donors (Lipinski definition) is 2. The van der Waals surface area contributed by atoms with Gasteiger partial charge in [-0.05, 0) is 87.1 Å². The molecule has 0 amide bonds. The zero-order valence-corrected chi connectivity index (χ0v) is 18.8. The molecular weight excluding hydrogens is 400 g/mol. The summed E-state index contributed by atoms with van der Waals surface area (Å²) in [5, 5.41) is 6.70. The minimum Gasteiger partial charge on any atom is -0.494 e. The van der Waals surface area contributed by atoms with Gasteiger partial charge in [0.1, 0.15) is 23.2 Å². The van der Waals surface area contributed by atoms with Crippen molar-refractivity contribution in [2.24, 2.45) is 9.98 Å². The first-order chi connectivity index (χ1) is 15.9. The first kappa shape index (κ1) is 22.2. The Kier molecular flexibility index (Phi) is 8.41. The SMILES string of the molecule is c1cc(C2=NCCCN2)ccc1OCCCCCCOc1ccc(C2=NCCCN2)cc1. The van der Waals surface area contributed by atoms with Crippen LogP contribution >= 0.6 is 0 Å². The normalized spacial score (nSPS) is 15.8. The molecule has 2 heterocycles. The van der Waals surface area contributed by atoms with E-state index in [9.17, 15) is 0 Å². The molecule has 4 rings (SSSR count). The average Bonchev–Trinajstić information content (AvgIpc) is 2.87. The van der Waals surface area contributed by atoms with Gasteiger partial charge >= 0.3 is 0 Å². The highest BCUT2D eigenvalue weighted by Gasteiger charge is 2.08. The minimum atomic E-state index is 0.749. The molecule has 2 aliphatic heterocycles. The summed E-state index contributed by atoms with van der Waals surface area (Å²) >= 11 is 0. The molecule has 6 heteroatoms. The number of nitrogens with zero attached hydrogens (tertiary/aromatic N) is 2. The Hall–Kier alpha value is -3.02. The van der Waals surface area contributed by atoms with Crippen molar-refractivity contribution in [2.45, 2.75) is 38.5 Å². The summed E-state index contributed by atoms with van der Waals surface area (Å²) < 4.78 is 11.8. The highest BCUT2D eigenvalue weighted by atomic mass is 16.5. The maximum atomic E-state index is 5.88. The van der Waals surface area contributed by atoms with Crippen LogP contribution in [-0.4, -0.2) is 51.1 Å². The van der Waals surface area contributed by atoms with Crippen LogP contribution in [0, 0.1) is 0 Å². The van der Waals surface area contributed by atoms with Crippen LogP contribution in [0.15, 0.2) is 58.5 Å². The summed E-state index contributed by atoms with van der Waals surface area (Å²) in [6.07, 6.45) is 6.62. The van der Waals surface area contributed by atoms with E-state index in [-0.39, 0.29) is 0 Å². The van der Waals surface area contributed by atoms with Crippen LogP contribution in [0.1, 0.15) is 49.7 Å². The van der Waals surface area contributed by atoms with E-state index in [0.717, 1.165) is 112 Å². The highest BCUT2D eigenvalue weighted by molar-refractivity contribution is 5.99. The van der Waals surface area contributed by atoms with Crippen LogP contribution in [0.4, 0.5) is 0 Å². The molecule has 0 unspecified atom stereocenters. The van der Waals surface area contributed by atoms with E-state index in [1.807, 2.05) is 24.3 Å². The third kappa shape index (κ3) is 6.74. The van der Waals surface area contributed by atoms with E-state index >= 15 is 0 Å². The van der Waals surface area contributed by atoms with Gasteiger partial charge < -0.3 is 20.1 Å². The van der Waals surface area contributed by atoms with Gasteiger partial charge in [-0.2, -0.15) is 0 Å². The molecule has 2 aromatic carbocycles. The van der Waals surface area contributed by atoms with Gasteiger partial charge in [0.15, 0.2) is 0 Å². The second-order valence-corrected chi connectivity index (χ2v) is 8.18. The maximum absolute atomic E-state index is 5.88. The summed E-state index contributed by atoms with van der Waals surface area (Å²) in [5.74, 6) is 3.84. The molecule has 0 saturated heterocycles. The summed E-state index contributed by atoms with van der Waals surface area (Å²) in [6.45, 7) is 5.32. The van der Waals surface area contributed by atoms with E-state index in [4.69, 9.17) is 9.47 Å². The first-order valence-electron chi connectivity index (χ1n) is 11.9. The van der Waals surface area contributed by atoms with Crippen molar-refractivity contribution in [3.8, 4) is 11.5 Å². The second-order valence-electron chi connectivity index (χ2n) is 8.18. The third-order valence-corrected chi connectivity index (χ3v) is 5.63. The predicted octanol–water partition coefficient (Wildman–Crippen LogP) is 4.18. The maximum Gasteiger partial charge on any atom is 0.128 e.